The van der Waals surface area contributed by atoms with Crippen molar-refractivity contribution in [3.05, 3.63) is 29.8 Å². The SMILES string of the molecule is CSNc1cccc(C(=O)N2CCC(C=O)C2)c1. The summed E-state index contributed by atoms with van der Waals surface area (Å²) in [6, 6.07) is 7.43. The minimum absolute atomic E-state index is 0.00135. The molecule has 1 saturated heterocycles. The predicted octanol–water partition coefficient (Wildman–Crippen LogP) is 2.04. The molecule has 0 spiro atoms. The Morgan fingerprint density at radius 1 is 1.56 bits per heavy atom. The van der Waals surface area contributed by atoms with Gasteiger partial charge in [0, 0.05) is 36.5 Å². The fourth-order valence-corrected chi connectivity index (χ4v) is 2.46. The maximum atomic E-state index is 12.2. The van der Waals surface area contributed by atoms with E-state index in [9.17, 15) is 9.59 Å². The molecule has 1 aromatic carbocycles. The second kappa shape index (κ2) is 5.91. The number of rotatable bonds is 4. The number of nitrogens with zero attached hydrogens (tertiary/aromatic N) is 1. The third kappa shape index (κ3) is 2.85. The molecule has 1 aromatic rings. The Morgan fingerprint density at radius 3 is 3.06 bits per heavy atom. The zero-order valence-corrected chi connectivity index (χ0v) is 11.1. The van der Waals surface area contributed by atoms with Crippen molar-refractivity contribution in [2.45, 2.75) is 6.42 Å². The maximum Gasteiger partial charge on any atom is 0.253 e. The molecule has 0 saturated carbocycles. The normalized spacial score (nSPS) is 18.7. The molecule has 0 aromatic heterocycles. The molecular weight excluding hydrogens is 248 g/mol. The van der Waals surface area contributed by atoms with Crippen LogP contribution in [0.1, 0.15) is 16.8 Å². The van der Waals surface area contributed by atoms with Crippen molar-refractivity contribution in [2.24, 2.45) is 5.92 Å². The van der Waals surface area contributed by atoms with E-state index in [1.165, 1.54) is 11.9 Å². The third-order valence-corrected chi connectivity index (χ3v) is 3.47. The van der Waals surface area contributed by atoms with Crippen LogP contribution in [0.25, 0.3) is 0 Å². The number of carbonyl (C=O) groups excluding carboxylic acids is 2. The number of likely N-dealkylation sites (tertiary alicyclic amines) is 1. The van der Waals surface area contributed by atoms with Crippen LogP contribution in [-0.4, -0.2) is 36.4 Å². The summed E-state index contributed by atoms with van der Waals surface area (Å²) in [5.41, 5.74) is 1.58. The highest BCUT2D eigenvalue weighted by Crippen LogP contribution is 2.19. The molecular formula is C13H16N2O2S. The highest BCUT2D eigenvalue weighted by atomic mass is 32.2. The van der Waals surface area contributed by atoms with Gasteiger partial charge in [0.05, 0.1) is 0 Å². The first-order valence-corrected chi connectivity index (χ1v) is 7.10. The summed E-state index contributed by atoms with van der Waals surface area (Å²) in [5.74, 6) is 0.00515. The minimum Gasteiger partial charge on any atom is -0.338 e. The van der Waals surface area contributed by atoms with Crippen LogP contribution >= 0.6 is 11.9 Å². The van der Waals surface area contributed by atoms with Gasteiger partial charge in [-0.1, -0.05) is 18.0 Å². The minimum atomic E-state index is 0.00135. The molecule has 1 atom stereocenters. The molecule has 1 aliphatic rings. The first-order valence-electron chi connectivity index (χ1n) is 5.88. The van der Waals surface area contributed by atoms with Crippen molar-refractivity contribution in [1.82, 2.24) is 4.90 Å². The molecule has 1 heterocycles. The number of amides is 1. The molecule has 96 valence electrons. The van der Waals surface area contributed by atoms with Gasteiger partial charge in [-0.15, -0.1) is 0 Å². The zero-order chi connectivity index (χ0) is 13.0. The molecule has 1 unspecified atom stereocenters. The van der Waals surface area contributed by atoms with Gasteiger partial charge in [-0.2, -0.15) is 0 Å². The monoisotopic (exact) mass is 264 g/mol. The van der Waals surface area contributed by atoms with Gasteiger partial charge >= 0.3 is 0 Å². The van der Waals surface area contributed by atoms with E-state index in [0.29, 0.717) is 18.7 Å². The molecule has 18 heavy (non-hydrogen) atoms. The first kappa shape index (κ1) is 13.0. The lowest BCUT2D eigenvalue weighted by atomic mass is 10.1. The molecule has 5 heteroatoms. The van der Waals surface area contributed by atoms with E-state index < -0.39 is 0 Å². The van der Waals surface area contributed by atoms with Crippen molar-refractivity contribution < 1.29 is 9.59 Å². The summed E-state index contributed by atoms with van der Waals surface area (Å²) < 4.78 is 3.10. The van der Waals surface area contributed by atoms with Crippen LogP contribution in [0.3, 0.4) is 0 Å². The zero-order valence-electron chi connectivity index (χ0n) is 10.3. The van der Waals surface area contributed by atoms with Crippen LogP contribution < -0.4 is 4.72 Å². The molecule has 0 aliphatic carbocycles. The number of hydrogen-bond acceptors (Lipinski definition) is 4. The van der Waals surface area contributed by atoms with Crippen LogP contribution in [0.5, 0.6) is 0 Å². The molecule has 4 nitrogen and oxygen atoms in total. The number of hydrogen-bond donors (Lipinski definition) is 1. The average molecular weight is 264 g/mol. The van der Waals surface area contributed by atoms with Gasteiger partial charge in [-0.05, 0) is 24.6 Å². The van der Waals surface area contributed by atoms with Crippen molar-refractivity contribution in [1.29, 1.82) is 0 Å². The van der Waals surface area contributed by atoms with Crippen LogP contribution in [0, 0.1) is 5.92 Å². The Hall–Kier alpha value is -1.49. The van der Waals surface area contributed by atoms with E-state index in [-0.39, 0.29) is 11.8 Å². The average Bonchev–Trinajstić information content (AvgIpc) is 2.87. The molecule has 1 N–H and O–H groups in total. The van der Waals surface area contributed by atoms with Gasteiger partial charge in [0.2, 0.25) is 0 Å². The molecule has 2 rings (SSSR count). The van der Waals surface area contributed by atoms with E-state index in [0.717, 1.165) is 18.4 Å². The van der Waals surface area contributed by atoms with Crippen molar-refractivity contribution in [3.63, 3.8) is 0 Å². The molecule has 0 radical (unpaired) electrons. The summed E-state index contributed by atoms with van der Waals surface area (Å²) in [4.78, 5) is 24.7. The van der Waals surface area contributed by atoms with Gasteiger partial charge in [-0.3, -0.25) is 4.79 Å². The highest BCUT2D eigenvalue weighted by Gasteiger charge is 2.26. The number of anilines is 1. The second-order valence-corrected chi connectivity index (χ2v) is 4.94. The molecule has 0 bridgehead atoms. The van der Waals surface area contributed by atoms with Crippen molar-refractivity contribution in [2.75, 3.05) is 24.1 Å². The number of aldehydes is 1. The Bertz CT molecular complexity index is 450. The number of carbonyl (C=O) groups is 2. The highest BCUT2D eigenvalue weighted by molar-refractivity contribution is 7.99. The lowest BCUT2D eigenvalue weighted by Crippen LogP contribution is -2.28. The molecule has 1 fully saturated rings. The van der Waals surface area contributed by atoms with E-state index in [4.69, 9.17) is 0 Å². The van der Waals surface area contributed by atoms with Crippen molar-refractivity contribution in [3.8, 4) is 0 Å². The van der Waals surface area contributed by atoms with Gasteiger partial charge in [0.1, 0.15) is 6.29 Å². The topological polar surface area (TPSA) is 49.4 Å². The van der Waals surface area contributed by atoms with Gasteiger partial charge in [-0.25, -0.2) is 0 Å². The Labute approximate surface area is 111 Å². The van der Waals surface area contributed by atoms with Crippen LogP contribution in [0.4, 0.5) is 5.69 Å². The number of benzene rings is 1. The van der Waals surface area contributed by atoms with Crippen molar-refractivity contribution >= 4 is 29.8 Å². The smallest absolute Gasteiger partial charge is 0.253 e. The summed E-state index contributed by atoms with van der Waals surface area (Å²) in [5, 5.41) is 0. The Kier molecular flexibility index (Phi) is 4.25. The summed E-state index contributed by atoms with van der Waals surface area (Å²) in [6.45, 7) is 1.21. The largest absolute Gasteiger partial charge is 0.338 e. The van der Waals surface area contributed by atoms with Crippen LogP contribution in [0.2, 0.25) is 0 Å². The molecule has 1 amide bonds. The van der Waals surface area contributed by atoms with E-state index in [1.807, 2.05) is 30.5 Å². The van der Waals surface area contributed by atoms with E-state index >= 15 is 0 Å². The summed E-state index contributed by atoms with van der Waals surface area (Å²) >= 11 is 1.49. The van der Waals surface area contributed by atoms with E-state index in [2.05, 4.69) is 4.72 Å². The fourth-order valence-electron chi connectivity index (χ4n) is 2.10. The van der Waals surface area contributed by atoms with Gasteiger partial charge < -0.3 is 14.4 Å². The summed E-state index contributed by atoms with van der Waals surface area (Å²) in [7, 11) is 0. The van der Waals surface area contributed by atoms with E-state index in [1.54, 1.807) is 4.90 Å². The van der Waals surface area contributed by atoms with Crippen LogP contribution in [-0.2, 0) is 4.79 Å². The van der Waals surface area contributed by atoms with Crippen LogP contribution in [0.15, 0.2) is 24.3 Å². The predicted molar refractivity (Wildman–Crippen MR) is 73.7 cm³/mol. The van der Waals surface area contributed by atoms with Gasteiger partial charge in [0.25, 0.3) is 5.91 Å². The second-order valence-electron chi connectivity index (χ2n) is 4.32. The quantitative estimate of drug-likeness (QED) is 0.668. The fraction of sp³-hybridized carbons (Fsp3) is 0.385. The Morgan fingerprint density at radius 2 is 2.39 bits per heavy atom. The number of nitrogens with one attached hydrogen (secondary N) is 1. The Balaban J connectivity index is 2.09. The standard InChI is InChI=1S/C13H16N2O2S/c1-18-14-12-4-2-3-11(7-12)13(17)15-6-5-10(8-15)9-16/h2-4,7,9-10,14H,5-6,8H2,1H3. The summed E-state index contributed by atoms with van der Waals surface area (Å²) in [6.07, 6.45) is 3.65. The maximum absolute atomic E-state index is 12.2. The third-order valence-electron chi connectivity index (χ3n) is 3.03. The first-order chi connectivity index (χ1) is 8.74. The lowest BCUT2D eigenvalue weighted by Gasteiger charge is -2.16. The molecule has 1 aliphatic heterocycles. The van der Waals surface area contributed by atoms with Gasteiger partial charge in [0.15, 0.2) is 0 Å². The lowest BCUT2D eigenvalue weighted by molar-refractivity contribution is -0.110.